The highest BCUT2D eigenvalue weighted by molar-refractivity contribution is 5.96. The van der Waals surface area contributed by atoms with Crippen molar-refractivity contribution in [1.82, 2.24) is 10.3 Å². The predicted molar refractivity (Wildman–Crippen MR) is 82.3 cm³/mol. The summed E-state index contributed by atoms with van der Waals surface area (Å²) < 4.78 is 11.2. The van der Waals surface area contributed by atoms with E-state index in [1.165, 1.54) is 5.56 Å². The van der Waals surface area contributed by atoms with Gasteiger partial charge in [0.15, 0.2) is 0 Å². The maximum absolute atomic E-state index is 12.3. The summed E-state index contributed by atoms with van der Waals surface area (Å²) in [7, 11) is 0. The first kappa shape index (κ1) is 14.4. The number of nitrogens with zero attached hydrogens (tertiary/aromatic N) is 1. The first-order chi connectivity index (χ1) is 10.8. The van der Waals surface area contributed by atoms with E-state index in [1.807, 2.05) is 31.2 Å². The number of hydrogen-bond acceptors (Lipinski definition) is 4. The number of nitrogens with one attached hydrogen (secondary N) is 1. The van der Waals surface area contributed by atoms with E-state index in [2.05, 4.69) is 10.3 Å². The van der Waals surface area contributed by atoms with Crippen LogP contribution < -0.4 is 14.8 Å². The minimum atomic E-state index is -0.198. The molecule has 0 saturated heterocycles. The highest BCUT2D eigenvalue weighted by Crippen LogP contribution is 2.27. The Labute approximate surface area is 129 Å². The fraction of sp³-hybridized carbons (Fsp3) is 0.294. The number of ether oxygens (including phenoxy) is 2. The molecule has 1 aromatic carbocycles. The summed E-state index contributed by atoms with van der Waals surface area (Å²) in [5, 5.41) is 2.89. The number of para-hydroxylation sites is 1. The zero-order valence-electron chi connectivity index (χ0n) is 12.4. The van der Waals surface area contributed by atoms with Gasteiger partial charge in [0.1, 0.15) is 17.4 Å². The van der Waals surface area contributed by atoms with E-state index in [1.54, 1.807) is 18.3 Å². The lowest BCUT2D eigenvalue weighted by molar-refractivity contribution is 0.0929. The van der Waals surface area contributed by atoms with Gasteiger partial charge in [-0.15, -0.1) is 0 Å². The zero-order valence-corrected chi connectivity index (χ0v) is 12.4. The molecule has 2 aromatic rings. The van der Waals surface area contributed by atoms with Crippen LogP contribution in [-0.4, -0.2) is 30.1 Å². The van der Waals surface area contributed by atoms with Crippen LogP contribution in [0.15, 0.2) is 42.6 Å². The van der Waals surface area contributed by atoms with Crippen molar-refractivity contribution in [2.75, 3.05) is 13.2 Å². The van der Waals surface area contributed by atoms with Gasteiger partial charge >= 0.3 is 0 Å². The van der Waals surface area contributed by atoms with E-state index in [9.17, 15) is 4.79 Å². The van der Waals surface area contributed by atoms with Crippen LogP contribution in [0.4, 0.5) is 0 Å². The molecular weight excluding hydrogens is 280 g/mol. The zero-order chi connectivity index (χ0) is 15.4. The summed E-state index contributed by atoms with van der Waals surface area (Å²) in [5.74, 6) is 1.06. The van der Waals surface area contributed by atoms with Gasteiger partial charge in [-0.25, -0.2) is 4.98 Å². The van der Waals surface area contributed by atoms with Crippen LogP contribution in [-0.2, 0) is 6.42 Å². The quantitative estimate of drug-likeness (QED) is 0.919. The van der Waals surface area contributed by atoms with Crippen LogP contribution in [0.25, 0.3) is 0 Å². The Morgan fingerprint density at radius 2 is 2.23 bits per heavy atom. The average Bonchev–Trinajstić information content (AvgIpc) is 2.96. The Bertz CT molecular complexity index is 647. The summed E-state index contributed by atoms with van der Waals surface area (Å²) in [6.45, 7) is 2.78. The van der Waals surface area contributed by atoms with Crippen LogP contribution in [0.1, 0.15) is 22.8 Å². The van der Waals surface area contributed by atoms with Crippen molar-refractivity contribution in [3.63, 3.8) is 0 Å². The molecule has 1 aliphatic rings. The molecule has 114 valence electrons. The van der Waals surface area contributed by atoms with E-state index < -0.39 is 0 Å². The van der Waals surface area contributed by atoms with Gasteiger partial charge in [0.2, 0.25) is 5.88 Å². The molecule has 0 radical (unpaired) electrons. The van der Waals surface area contributed by atoms with E-state index >= 15 is 0 Å². The molecule has 1 aliphatic heterocycles. The molecule has 2 heterocycles. The molecular formula is C17H18N2O3. The standard InChI is InChI=1S/C17H18N2O3/c1-2-21-17-14(7-5-9-18-17)16(20)19-11-13-10-12-6-3-4-8-15(12)22-13/h3-9,13H,2,10-11H2,1H3,(H,19,20)/t13-/m1/s1. The fourth-order valence-electron chi connectivity index (χ4n) is 2.48. The molecule has 1 N–H and O–H groups in total. The number of carbonyl (C=O) groups excluding carboxylic acids is 1. The summed E-state index contributed by atoms with van der Waals surface area (Å²) in [4.78, 5) is 16.4. The number of rotatable bonds is 5. The molecule has 1 amide bonds. The molecule has 0 bridgehead atoms. The van der Waals surface area contributed by atoms with Gasteiger partial charge in [-0.05, 0) is 30.7 Å². The van der Waals surface area contributed by atoms with Crippen molar-refractivity contribution in [3.8, 4) is 11.6 Å². The van der Waals surface area contributed by atoms with Gasteiger partial charge in [-0.3, -0.25) is 4.79 Å². The number of amides is 1. The van der Waals surface area contributed by atoms with Crippen LogP contribution in [0.2, 0.25) is 0 Å². The highest BCUT2D eigenvalue weighted by Gasteiger charge is 2.23. The number of aromatic nitrogens is 1. The Balaban J connectivity index is 1.60. The maximum atomic E-state index is 12.3. The molecule has 1 aromatic heterocycles. The normalized spacial score (nSPS) is 15.8. The summed E-state index contributed by atoms with van der Waals surface area (Å²) in [6.07, 6.45) is 2.38. The van der Waals surface area contributed by atoms with Crippen LogP contribution in [0, 0.1) is 0 Å². The van der Waals surface area contributed by atoms with Crippen LogP contribution in [0.5, 0.6) is 11.6 Å². The van der Waals surface area contributed by atoms with Gasteiger partial charge in [0.05, 0.1) is 13.2 Å². The second-order valence-electron chi connectivity index (χ2n) is 5.05. The Morgan fingerprint density at radius 3 is 3.05 bits per heavy atom. The number of hydrogen-bond donors (Lipinski definition) is 1. The lowest BCUT2D eigenvalue weighted by Gasteiger charge is -2.13. The van der Waals surface area contributed by atoms with Gasteiger partial charge < -0.3 is 14.8 Å². The lowest BCUT2D eigenvalue weighted by Crippen LogP contribution is -2.34. The third-order valence-corrected chi connectivity index (χ3v) is 3.50. The topological polar surface area (TPSA) is 60.5 Å². The maximum Gasteiger partial charge on any atom is 0.256 e. The Kier molecular flexibility index (Phi) is 4.23. The van der Waals surface area contributed by atoms with Crippen molar-refractivity contribution in [2.24, 2.45) is 0 Å². The van der Waals surface area contributed by atoms with E-state index in [-0.39, 0.29) is 12.0 Å². The first-order valence-corrected chi connectivity index (χ1v) is 7.38. The minimum Gasteiger partial charge on any atom is -0.488 e. The van der Waals surface area contributed by atoms with Gasteiger partial charge in [-0.2, -0.15) is 0 Å². The molecule has 1 atom stereocenters. The Hall–Kier alpha value is -2.56. The smallest absolute Gasteiger partial charge is 0.256 e. The van der Waals surface area contributed by atoms with Crippen molar-refractivity contribution in [2.45, 2.75) is 19.4 Å². The summed E-state index contributed by atoms with van der Waals surface area (Å²) in [6, 6.07) is 11.4. The van der Waals surface area contributed by atoms with E-state index in [0.717, 1.165) is 12.2 Å². The van der Waals surface area contributed by atoms with E-state index in [4.69, 9.17) is 9.47 Å². The van der Waals surface area contributed by atoms with Gasteiger partial charge in [0, 0.05) is 12.6 Å². The molecule has 0 unspecified atom stereocenters. The summed E-state index contributed by atoms with van der Waals surface area (Å²) >= 11 is 0. The Morgan fingerprint density at radius 1 is 1.36 bits per heavy atom. The predicted octanol–water partition coefficient (Wildman–Crippen LogP) is 2.21. The molecule has 0 saturated carbocycles. The fourth-order valence-corrected chi connectivity index (χ4v) is 2.48. The highest BCUT2D eigenvalue weighted by atomic mass is 16.5. The molecule has 0 fully saturated rings. The van der Waals surface area contributed by atoms with Crippen molar-refractivity contribution in [3.05, 3.63) is 53.7 Å². The number of carbonyl (C=O) groups is 1. The SMILES string of the molecule is CCOc1ncccc1C(=O)NC[C@H]1Cc2ccccc2O1. The summed E-state index contributed by atoms with van der Waals surface area (Å²) in [5.41, 5.74) is 1.62. The molecule has 0 spiro atoms. The van der Waals surface area contributed by atoms with E-state index in [0.29, 0.717) is 24.6 Å². The monoisotopic (exact) mass is 298 g/mol. The molecule has 5 nitrogen and oxygen atoms in total. The van der Waals surface area contributed by atoms with Crippen molar-refractivity contribution < 1.29 is 14.3 Å². The average molecular weight is 298 g/mol. The number of pyridine rings is 1. The molecule has 22 heavy (non-hydrogen) atoms. The van der Waals surface area contributed by atoms with Crippen molar-refractivity contribution >= 4 is 5.91 Å². The third kappa shape index (κ3) is 3.03. The lowest BCUT2D eigenvalue weighted by atomic mass is 10.1. The largest absolute Gasteiger partial charge is 0.488 e. The molecule has 5 heteroatoms. The third-order valence-electron chi connectivity index (χ3n) is 3.50. The van der Waals surface area contributed by atoms with Crippen LogP contribution in [0.3, 0.4) is 0 Å². The van der Waals surface area contributed by atoms with Crippen molar-refractivity contribution in [1.29, 1.82) is 0 Å². The number of fused-ring (bicyclic) bond motifs is 1. The van der Waals surface area contributed by atoms with Gasteiger partial charge in [-0.1, -0.05) is 18.2 Å². The van der Waals surface area contributed by atoms with Crippen LogP contribution >= 0.6 is 0 Å². The second kappa shape index (κ2) is 6.47. The second-order valence-corrected chi connectivity index (χ2v) is 5.05. The number of benzene rings is 1. The first-order valence-electron chi connectivity index (χ1n) is 7.38. The van der Waals surface area contributed by atoms with Gasteiger partial charge in [0.25, 0.3) is 5.91 Å². The minimum absolute atomic E-state index is 0.0337. The molecule has 0 aliphatic carbocycles. The molecule has 3 rings (SSSR count).